The van der Waals surface area contributed by atoms with Crippen LogP contribution in [0, 0.1) is 6.92 Å². The van der Waals surface area contributed by atoms with E-state index in [4.69, 9.17) is 15.2 Å². The molecular formula is C9H12ClNO2. The molecule has 1 aromatic rings. The summed E-state index contributed by atoms with van der Waals surface area (Å²) in [5, 5.41) is 0. The predicted octanol–water partition coefficient (Wildman–Crippen LogP) is 1.77. The Morgan fingerprint density at radius 1 is 1.15 bits per heavy atom. The van der Waals surface area contributed by atoms with Crippen molar-refractivity contribution in [1.29, 1.82) is 0 Å². The number of hydrogen-bond donors (Lipinski definition) is 1. The van der Waals surface area contributed by atoms with Crippen LogP contribution in [0.15, 0.2) is 12.1 Å². The number of nitrogen functional groups attached to an aromatic ring is 1. The van der Waals surface area contributed by atoms with Gasteiger partial charge in [-0.05, 0) is 18.6 Å². The van der Waals surface area contributed by atoms with Gasteiger partial charge in [0.25, 0.3) is 0 Å². The third-order valence-electron chi connectivity index (χ3n) is 1.93. The Labute approximate surface area is 83.2 Å². The first-order valence-corrected chi connectivity index (χ1v) is 3.93. The zero-order valence-electron chi connectivity index (χ0n) is 7.37. The molecule has 1 aliphatic rings. The van der Waals surface area contributed by atoms with E-state index in [9.17, 15) is 0 Å². The van der Waals surface area contributed by atoms with Gasteiger partial charge in [0.05, 0.1) is 0 Å². The monoisotopic (exact) mass is 201 g/mol. The molecule has 4 heteroatoms. The largest absolute Gasteiger partial charge is 0.486 e. The van der Waals surface area contributed by atoms with Crippen LogP contribution in [-0.2, 0) is 0 Å². The van der Waals surface area contributed by atoms with Crippen LogP contribution in [0.2, 0.25) is 0 Å². The first-order chi connectivity index (χ1) is 5.77. The number of halogens is 1. The summed E-state index contributed by atoms with van der Waals surface area (Å²) >= 11 is 0. The summed E-state index contributed by atoms with van der Waals surface area (Å²) in [5.41, 5.74) is 7.48. The summed E-state index contributed by atoms with van der Waals surface area (Å²) in [5.74, 6) is 1.55. The van der Waals surface area contributed by atoms with Crippen molar-refractivity contribution < 1.29 is 9.47 Å². The average molecular weight is 202 g/mol. The Bertz CT molecular complexity index is 284. The molecule has 13 heavy (non-hydrogen) atoms. The Morgan fingerprint density at radius 2 is 1.69 bits per heavy atom. The molecule has 0 radical (unpaired) electrons. The number of benzene rings is 1. The second kappa shape index (κ2) is 3.75. The third kappa shape index (κ3) is 1.80. The van der Waals surface area contributed by atoms with Crippen molar-refractivity contribution in [3.8, 4) is 11.5 Å². The van der Waals surface area contributed by atoms with Crippen molar-refractivity contribution >= 4 is 18.1 Å². The smallest absolute Gasteiger partial charge is 0.163 e. The standard InChI is InChI=1S/C9H11NO2.ClH/c1-6-4-8-9(5-7(6)10)12-3-2-11-8;/h4-5H,2-3,10H2,1H3;1H. The maximum Gasteiger partial charge on any atom is 0.163 e. The molecule has 0 fully saturated rings. The van der Waals surface area contributed by atoms with Gasteiger partial charge in [0, 0.05) is 11.8 Å². The van der Waals surface area contributed by atoms with Crippen LogP contribution in [0.25, 0.3) is 0 Å². The van der Waals surface area contributed by atoms with Crippen molar-refractivity contribution in [3.63, 3.8) is 0 Å². The fourth-order valence-electron chi connectivity index (χ4n) is 1.21. The van der Waals surface area contributed by atoms with Crippen LogP contribution in [-0.4, -0.2) is 13.2 Å². The van der Waals surface area contributed by atoms with Crippen LogP contribution in [0.4, 0.5) is 5.69 Å². The quantitative estimate of drug-likeness (QED) is 0.651. The lowest BCUT2D eigenvalue weighted by Crippen LogP contribution is -2.15. The predicted molar refractivity (Wildman–Crippen MR) is 53.8 cm³/mol. The first-order valence-electron chi connectivity index (χ1n) is 3.93. The van der Waals surface area contributed by atoms with E-state index in [1.54, 1.807) is 0 Å². The van der Waals surface area contributed by atoms with Crippen LogP contribution in [0.5, 0.6) is 11.5 Å². The molecule has 0 atom stereocenters. The molecule has 1 aliphatic heterocycles. The maximum absolute atomic E-state index is 5.71. The van der Waals surface area contributed by atoms with Gasteiger partial charge in [-0.15, -0.1) is 12.4 Å². The van der Waals surface area contributed by atoms with Gasteiger partial charge in [-0.25, -0.2) is 0 Å². The van der Waals surface area contributed by atoms with Crippen LogP contribution in [0.3, 0.4) is 0 Å². The molecule has 0 bridgehead atoms. The highest BCUT2D eigenvalue weighted by Gasteiger charge is 2.12. The topological polar surface area (TPSA) is 44.5 Å². The number of ether oxygens (including phenoxy) is 2. The zero-order chi connectivity index (χ0) is 8.55. The molecule has 0 aliphatic carbocycles. The van der Waals surface area contributed by atoms with Crippen molar-refractivity contribution in [2.24, 2.45) is 0 Å². The second-order valence-corrected chi connectivity index (χ2v) is 2.85. The minimum atomic E-state index is 0. The highest BCUT2D eigenvalue weighted by molar-refractivity contribution is 5.85. The third-order valence-corrected chi connectivity index (χ3v) is 1.93. The fraction of sp³-hybridized carbons (Fsp3) is 0.333. The van der Waals surface area contributed by atoms with Crippen LogP contribution in [0.1, 0.15) is 5.56 Å². The van der Waals surface area contributed by atoms with Gasteiger partial charge >= 0.3 is 0 Å². The summed E-state index contributed by atoms with van der Waals surface area (Å²) in [6.07, 6.45) is 0. The molecule has 0 amide bonds. The number of fused-ring (bicyclic) bond motifs is 1. The molecule has 3 nitrogen and oxygen atoms in total. The zero-order valence-corrected chi connectivity index (χ0v) is 8.19. The first kappa shape index (κ1) is 9.99. The Balaban J connectivity index is 0.000000845. The summed E-state index contributed by atoms with van der Waals surface area (Å²) in [4.78, 5) is 0. The van der Waals surface area contributed by atoms with E-state index < -0.39 is 0 Å². The number of anilines is 1. The van der Waals surface area contributed by atoms with Gasteiger partial charge in [0.1, 0.15) is 13.2 Å². The second-order valence-electron chi connectivity index (χ2n) is 2.85. The summed E-state index contributed by atoms with van der Waals surface area (Å²) in [6.45, 7) is 3.18. The van der Waals surface area contributed by atoms with Crippen molar-refractivity contribution in [2.45, 2.75) is 6.92 Å². The van der Waals surface area contributed by atoms with E-state index in [2.05, 4.69) is 0 Å². The minimum Gasteiger partial charge on any atom is -0.486 e. The Hall–Kier alpha value is -1.09. The number of aryl methyl sites for hydroxylation is 1. The summed E-state index contributed by atoms with van der Waals surface area (Å²) < 4.78 is 10.7. The summed E-state index contributed by atoms with van der Waals surface area (Å²) in [6, 6.07) is 3.72. The number of nitrogens with two attached hydrogens (primary N) is 1. The molecule has 0 unspecified atom stereocenters. The molecule has 0 aromatic heterocycles. The van der Waals surface area contributed by atoms with Crippen LogP contribution < -0.4 is 15.2 Å². The summed E-state index contributed by atoms with van der Waals surface area (Å²) in [7, 11) is 0. The van der Waals surface area contributed by atoms with Gasteiger partial charge in [-0.3, -0.25) is 0 Å². The molecule has 0 saturated carbocycles. The molecule has 0 spiro atoms. The minimum absolute atomic E-state index is 0. The molecule has 0 saturated heterocycles. The Morgan fingerprint density at radius 3 is 2.31 bits per heavy atom. The number of rotatable bonds is 0. The lowest BCUT2D eigenvalue weighted by Gasteiger charge is -2.19. The molecule has 1 heterocycles. The molecule has 2 rings (SSSR count). The SMILES string of the molecule is Cc1cc2c(cc1N)OCCO2.Cl. The van der Waals surface area contributed by atoms with E-state index in [1.807, 2.05) is 19.1 Å². The average Bonchev–Trinajstić information content (AvgIpc) is 2.07. The van der Waals surface area contributed by atoms with Gasteiger partial charge in [0.15, 0.2) is 11.5 Å². The Kier molecular flexibility index (Phi) is 2.88. The number of hydrogen-bond acceptors (Lipinski definition) is 3. The molecule has 72 valence electrons. The fourth-order valence-corrected chi connectivity index (χ4v) is 1.21. The molecule has 1 aromatic carbocycles. The normalized spacial score (nSPS) is 13.3. The van der Waals surface area contributed by atoms with E-state index in [-0.39, 0.29) is 12.4 Å². The molecule has 2 N–H and O–H groups in total. The maximum atomic E-state index is 5.71. The van der Waals surface area contributed by atoms with E-state index in [0.29, 0.717) is 13.2 Å². The van der Waals surface area contributed by atoms with Gasteiger partial charge in [0.2, 0.25) is 0 Å². The van der Waals surface area contributed by atoms with Gasteiger partial charge < -0.3 is 15.2 Å². The van der Waals surface area contributed by atoms with Gasteiger partial charge in [-0.1, -0.05) is 0 Å². The van der Waals surface area contributed by atoms with E-state index >= 15 is 0 Å². The van der Waals surface area contributed by atoms with Crippen molar-refractivity contribution in [2.75, 3.05) is 18.9 Å². The van der Waals surface area contributed by atoms with E-state index in [1.165, 1.54) is 0 Å². The van der Waals surface area contributed by atoms with Crippen molar-refractivity contribution in [1.82, 2.24) is 0 Å². The van der Waals surface area contributed by atoms with Crippen molar-refractivity contribution in [3.05, 3.63) is 17.7 Å². The lowest BCUT2D eigenvalue weighted by atomic mass is 10.2. The van der Waals surface area contributed by atoms with E-state index in [0.717, 1.165) is 22.7 Å². The highest BCUT2D eigenvalue weighted by atomic mass is 35.5. The lowest BCUT2D eigenvalue weighted by molar-refractivity contribution is 0.171. The van der Waals surface area contributed by atoms with Gasteiger partial charge in [-0.2, -0.15) is 0 Å². The highest BCUT2D eigenvalue weighted by Crippen LogP contribution is 2.33. The molecular weight excluding hydrogens is 190 g/mol. The van der Waals surface area contributed by atoms with Crippen LogP contribution >= 0.6 is 12.4 Å².